The van der Waals surface area contributed by atoms with Gasteiger partial charge in [0.25, 0.3) is 0 Å². The molecule has 102 valence electrons. The maximum Gasteiger partial charge on any atom is 0.0537 e. The van der Waals surface area contributed by atoms with Gasteiger partial charge in [0.2, 0.25) is 0 Å². The van der Waals surface area contributed by atoms with Crippen LogP contribution in [-0.2, 0) is 13.6 Å². The van der Waals surface area contributed by atoms with Crippen molar-refractivity contribution < 1.29 is 0 Å². The lowest BCUT2D eigenvalue weighted by molar-refractivity contribution is 0.573. The van der Waals surface area contributed by atoms with Crippen LogP contribution in [0.4, 0.5) is 0 Å². The number of aryl methyl sites for hydroxylation is 1. The average Bonchev–Trinajstić information content (AvgIpc) is 2.70. The Hall–Kier alpha value is -1.03. The van der Waals surface area contributed by atoms with Gasteiger partial charge in [0.1, 0.15) is 0 Å². The number of rotatable bonds is 4. The standard InChI is InChI=1S/C14H17Cl2N3/c1-9(13-6-12(15)4-5-14(13)16)17-7-11-8-18-19(3)10(11)2/h4-6,8-9,17H,7H2,1-3H3. The van der Waals surface area contributed by atoms with Crippen molar-refractivity contribution in [2.24, 2.45) is 7.05 Å². The Balaban J connectivity index is 2.07. The molecule has 0 amide bonds. The van der Waals surface area contributed by atoms with E-state index in [0.717, 1.165) is 22.8 Å². The molecule has 0 radical (unpaired) electrons. The van der Waals surface area contributed by atoms with Crippen LogP contribution in [-0.4, -0.2) is 9.78 Å². The molecule has 19 heavy (non-hydrogen) atoms. The molecule has 0 fully saturated rings. The molecule has 0 spiro atoms. The molecule has 1 atom stereocenters. The first-order chi connectivity index (χ1) is 8.99. The summed E-state index contributed by atoms with van der Waals surface area (Å²) in [5.41, 5.74) is 3.36. The monoisotopic (exact) mass is 297 g/mol. The fourth-order valence-corrected chi connectivity index (χ4v) is 2.40. The van der Waals surface area contributed by atoms with Gasteiger partial charge in [-0.3, -0.25) is 4.68 Å². The Morgan fingerprint density at radius 2 is 2.11 bits per heavy atom. The van der Waals surface area contributed by atoms with E-state index in [0.29, 0.717) is 5.02 Å². The van der Waals surface area contributed by atoms with E-state index in [1.807, 2.05) is 30.1 Å². The van der Waals surface area contributed by atoms with Crippen LogP contribution in [0, 0.1) is 6.92 Å². The van der Waals surface area contributed by atoms with Crippen molar-refractivity contribution in [1.82, 2.24) is 15.1 Å². The fraction of sp³-hybridized carbons (Fsp3) is 0.357. The van der Waals surface area contributed by atoms with E-state index in [1.54, 1.807) is 6.07 Å². The van der Waals surface area contributed by atoms with E-state index in [9.17, 15) is 0 Å². The smallest absolute Gasteiger partial charge is 0.0537 e. The second-order valence-electron chi connectivity index (χ2n) is 4.65. The first-order valence-electron chi connectivity index (χ1n) is 6.15. The summed E-state index contributed by atoms with van der Waals surface area (Å²) >= 11 is 12.2. The van der Waals surface area contributed by atoms with Crippen molar-refractivity contribution in [3.8, 4) is 0 Å². The highest BCUT2D eigenvalue weighted by atomic mass is 35.5. The summed E-state index contributed by atoms with van der Waals surface area (Å²) in [6.07, 6.45) is 1.88. The maximum absolute atomic E-state index is 6.19. The second kappa shape index (κ2) is 5.95. The highest BCUT2D eigenvalue weighted by molar-refractivity contribution is 6.33. The van der Waals surface area contributed by atoms with Crippen molar-refractivity contribution in [2.45, 2.75) is 26.4 Å². The van der Waals surface area contributed by atoms with Crippen LogP contribution in [0.2, 0.25) is 10.0 Å². The Morgan fingerprint density at radius 1 is 1.37 bits per heavy atom. The van der Waals surface area contributed by atoms with Crippen LogP contribution in [0.1, 0.15) is 29.8 Å². The molecule has 0 bridgehead atoms. The first kappa shape index (κ1) is 14.4. The predicted molar refractivity (Wildman–Crippen MR) is 79.7 cm³/mol. The summed E-state index contributed by atoms with van der Waals surface area (Å²) in [6.45, 7) is 4.88. The van der Waals surface area contributed by atoms with E-state index < -0.39 is 0 Å². The predicted octanol–water partition coefficient (Wildman–Crippen LogP) is 3.89. The largest absolute Gasteiger partial charge is 0.306 e. The molecule has 0 aliphatic heterocycles. The molecular formula is C14H17Cl2N3. The average molecular weight is 298 g/mol. The van der Waals surface area contributed by atoms with Crippen LogP contribution in [0.3, 0.4) is 0 Å². The minimum atomic E-state index is 0.130. The molecule has 1 aromatic carbocycles. The van der Waals surface area contributed by atoms with Crippen LogP contribution in [0.5, 0.6) is 0 Å². The zero-order valence-corrected chi connectivity index (χ0v) is 12.8. The van der Waals surface area contributed by atoms with Gasteiger partial charge in [-0.15, -0.1) is 0 Å². The number of nitrogens with zero attached hydrogens (tertiary/aromatic N) is 2. The van der Waals surface area contributed by atoms with Crippen molar-refractivity contribution in [3.05, 3.63) is 51.3 Å². The van der Waals surface area contributed by atoms with Crippen LogP contribution in [0.15, 0.2) is 24.4 Å². The maximum atomic E-state index is 6.19. The van der Waals surface area contributed by atoms with Crippen molar-refractivity contribution in [3.63, 3.8) is 0 Å². The molecule has 0 aliphatic rings. The second-order valence-corrected chi connectivity index (χ2v) is 5.49. The Labute approximate surface area is 123 Å². The van der Waals surface area contributed by atoms with E-state index >= 15 is 0 Å². The molecule has 0 aliphatic carbocycles. The molecule has 2 aromatic rings. The quantitative estimate of drug-likeness (QED) is 0.928. The summed E-state index contributed by atoms with van der Waals surface area (Å²) in [5.74, 6) is 0. The zero-order valence-electron chi connectivity index (χ0n) is 11.2. The van der Waals surface area contributed by atoms with Crippen LogP contribution >= 0.6 is 23.2 Å². The van der Waals surface area contributed by atoms with Gasteiger partial charge in [0.15, 0.2) is 0 Å². The summed E-state index contributed by atoms with van der Waals surface area (Å²) in [7, 11) is 1.94. The molecular weight excluding hydrogens is 281 g/mol. The third-order valence-corrected chi connectivity index (χ3v) is 3.94. The van der Waals surface area contributed by atoms with Crippen molar-refractivity contribution in [1.29, 1.82) is 0 Å². The van der Waals surface area contributed by atoms with Gasteiger partial charge >= 0.3 is 0 Å². The number of benzene rings is 1. The molecule has 3 nitrogen and oxygen atoms in total. The number of aromatic nitrogens is 2. The lowest BCUT2D eigenvalue weighted by atomic mass is 10.1. The van der Waals surface area contributed by atoms with E-state index in [2.05, 4.69) is 24.3 Å². The molecule has 1 aromatic heterocycles. The minimum Gasteiger partial charge on any atom is -0.306 e. The lowest BCUT2D eigenvalue weighted by Gasteiger charge is -2.16. The van der Waals surface area contributed by atoms with Gasteiger partial charge in [0.05, 0.1) is 6.20 Å². The fourth-order valence-electron chi connectivity index (χ4n) is 1.94. The third-order valence-electron chi connectivity index (χ3n) is 3.36. The van der Waals surface area contributed by atoms with Gasteiger partial charge in [0, 0.05) is 40.9 Å². The SMILES string of the molecule is Cc1c(CNC(C)c2cc(Cl)ccc2Cl)cnn1C. The van der Waals surface area contributed by atoms with Crippen LogP contribution in [0.25, 0.3) is 0 Å². The van der Waals surface area contributed by atoms with Crippen molar-refractivity contribution >= 4 is 23.2 Å². The van der Waals surface area contributed by atoms with Gasteiger partial charge in [-0.25, -0.2) is 0 Å². The molecule has 1 heterocycles. The summed E-state index contributed by atoms with van der Waals surface area (Å²) < 4.78 is 1.87. The van der Waals surface area contributed by atoms with Gasteiger partial charge in [-0.1, -0.05) is 23.2 Å². The molecule has 2 rings (SSSR count). The summed E-state index contributed by atoms with van der Waals surface area (Å²) in [6, 6.07) is 5.65. The molecule has 0 saturated heterocycles. The summed E-state index contributed by atoms with van der Waals surface area (Å²) in [4.78, 5) is 0. The van der Waals surface area contributed by atoms with Gasteiger partial charge < -0.3 is 5.32 Å². The molecule has 1 N–H and O–H groups in total. The molecule has 1 unspecified atom stereocenters. The number of nitrogens with one attached hydrogen (secondary N) is 1. The topological polar surface area (TPSA) is 29.9 Å². The number of hydrogen-bond donors (Lipinski definition) is 1. The van der Waals surface area contributed by atoms with Gasteiger partial charge in [-0.05, 0) is 37.6 Å². The highest BCUT2D eigenvalue weighted by Gasteiger charge is 2.11. The van der Waals surface area contributed by atoms with E-state index in [4.69, 9.17) is 23.2 Å². The molecule has 5 heteroatoms. The van der Waals surface area contributed by atoms with E-state index in [1.165, 1.54) is 5.56 Å². The van der Waals surface area contributed by atoms with Gasteiger partial charge in [-0.2, -0.15) is 5.10 Å². The Morgan fingerprint density at radius 3 is 2.74 bits per heavy atom. The van der Waals surface area contributed by atoms with Crippen molar-refractivity contribution in [2.75, 3.05) is 0 Å². The summed E-state index contributed by atoms with van der Waals surface area (Å²) in [5, 5.41) is 9.10. The Bertz CT molecular complexity index is 578. The molecule has 0 saturated carbocycles. The van der Waals surface area contributed by atoms with E-state index in [-0.39, 0.29) is 6.04 Å². The lowest BCUT2D eigenvalue weighted by Crippen LogP contribution is -2.18. The van der Waals surface area contributed by atoms with Crippen LogP contribution < -0.4 is 5.32 Å². The first-order valence-corrected chi connectivity index (χ1v) is 6.90. The highest BCUT2D eigenvalue weighted by Crippen LogP contribution is 2.26. The number of halogens is 2. The third kappa shape index (κ3) is 3.30. The zero-order chi connectivity index (χ0) is 14.0. The number of hydrogen-bond acceptors (Lipinski definition) is 2. The Kier molecular flexibility index (Phi) is 4.50. The minimum absolute atomic E-state index is 0.130. The normalized spacial score (nSPS) is 12.7.